The van der Waals surface area contributed by atoms with E-state index in [4.69, 9.17) is 4.74 Å². The Kier molecular flexibility index (Phi) is 5.09. The van der Waals surface area contributed by atoms with Crippen LogP contribution in [-0.2, 0) is 6.42 Å². The lowest BCUT2D eigenvalue weighted by atomic mass is 10.1. The largest absolute Gasteiger partial charge is 0.573 e. The zero-order chi connectivity index (χ0) is 15.1. The average molecular weight is 295 g/mol. The summed E-state index contributed by atoms with van der Waals surface area (Å²) in [6.07, 6.45) is -3.34. The van der Waals surface area contributed by atoms with Gasteiger partial charge in [-0.2, -0.15) is 0 Å². The third-order valence-electron chi connectivity index (χ3n) is 2.70. The smallest absolute Gasteiger partial charge is 0.494 e. The van der Waals surface area contributed by atoms with Crippen molar-refractivity contribution in [1.29, 1.82) is 0 Å². The molecule has 0 aliphatic carbocycles. The summed E-state index contributed by atoms with van der Waals surface area (Å²) in [7, 11) is 0. The molecule has 5 heteroatoms. The maximum atomic E-state index is 12.1. The Morgan fingerprint density at radius 3 is 2.48 bits per heavy atom. The molecule has 0 aliphatic heterocycles. The predicted octanol–water partition coefficient (Wildman–Crippen LogP) is 4.40. The van der Waals surface area contributed by atoms with Gasteiger partial charge in [-0.3, -0.25) is 0 Å². The molecule has 0 fully saturated rings. The van der Waals surface area contributed by atoms with E-state index in [1.807, 2.05) is 0 Å². The number of rotatable bonds is 6. The molecule has 2 nitrogen and oxygen atoms in total. The Morgan fingerprint density at radius 1 is 1.00 bits per heavy atom. The summed E-state index contributed by atoms with van der Waals surface area (Å²) in [6.45, 7) is 0.494. The van der Waals surface area contributed by atoms with Crippen molar-refractivity contribution in [3.8, 4) is 11.5 Å². The van der Waals surface area contributed by atoms with Crippen molar-refractivity contribution in [1.82, 2.24) is 0 Å². The molecule has 2 aromatic rings. The van der Waals surface area contributed by atoms with Gasteiger partial charge in [-0.05, 0) is 48.7 Å². The predicted molar refractivity (Wildman–Crippen MR) is 72.2 cm³/mol. The van der Waals surface area contributed by atoms with Crippen LogP contribution in [-0.4, -0.2) is 13.0 Å². The maximum absolute atomic E-state index is 12.1. The Balaban J connectivity index is 1.79. The lowest BCUT2D eigenvalue weighted by Gasteiger charge is -2.10. The van der Waals surface area contributed by atoms with Crippen molar-refractivity contribution in [2.45, 2.75) is 19.2 Å². The molecule has 0 atom stereocenters. The first kappa shape index (κ1) is 15.2. The number of aryl methyl sites for hydroxylation is 1. The van der Waals surface area contributed by atoms with Crippen LogP contribution < -0.4 is 9.47 Å². The molecule has 0 bridgehead atoms. The quantitative estimate of drug-likeness (QED) is 0.735. The molecule has 0 aliphatic rings. The van der Waals surface area contributed by atoms with E-state index in [2.05, 4.69) is 10.8 Å². The molecular formula is C16H14F3O2. The molecule has 0 aromatic heterocycles. The SMILES string of the molecule is FC(F)(F)Oc1cccc(CCCOc2cc[c]cc2)c1. The third-order valence-corrected chi connectivity index (χ3v) is 2.70. The molecule has 1 radical (unpaired) electrons. The first-order chi connectivity index (χ1) is 10.0. The van der Waals surface area contributed by atoms with Gasteiger partial charge >= 0.3 is 6.36 Å². The normalized spacial score (nSPS) is 11.2. The second-order valence-corrected chi connectivity index (χ2v) is 4.38. The van der Waals surface area contributed by atoms with Crippen LogP contribution in [0, 0.1) is 6.07 Å². The monoisotopic (exact) mass is 295 g/mol. The number of halogens is 3. The minimum Gasteiger partial charge on any atom is -0.494 e. The van der Waals surface area contributed by atoms with E-state index in [-0.39, 0.29) is 5.75 Å². The summed E-state index contributed by atoms with van der Waals surface area (Å²) in [4.78, 5) is 0. The van der Waals surface area contributed by atoms with Crippen LogP contribution in [0.25, 0.3) is 0 Å². The summed E-state index contributed by atoms with van der Waals surface area (Å²) >= 11 is 0. The molecule has 0 N–H and O–H groups in total. The fourth-order valence-electron chi connectivity index (χ4n) is 1.83. The third kappa shape index (κ3) is 5.77. The van der Waals surface area contributed by atoms with E-state index in [9.17, 15) is 13.2 Å². The molecule has 0 spiro atoms. The Morgan fingerprint density at radius 2 is 1.76 bits per heavy atom. The highest BCUT2D eigenvalue weighted by Crippen LogP contribution is 2.23. The van der Waals surface area contributed by atoms with Crippen LogP contribution >= 0.6 is 0 Å². The summed E-state index contributed by atoms with van der Waals surface area (Å²) in [5.41, 5.74) is 0.779. The Hall–Kier alpha value is -2.17. The minimum absolute atomic E-state index is 0.195. The van der Waals surface area contributed by atoms with E-state index in [0.29, 0.717) is 19.4 Å². The standard InChI is InChI=1S/C16H14F3O2/c17-16(18,19)21-15-10-4-6-13(12-15)7-5-11-20-14-8-2-1-3-9-14/h2-4,6,8-10,12H,5,7,11H2. The van der Waals surface area contributed by atoms with Gasteiger partial charge in [0.2, 0.25) is 0 Å². The molecule has 0 saturated carbocycles. The van der Waals surface area contributed by atoms with Gasteiger partial charge in [-0.1, -0.05) is 24.3 Å². The fraction of sp³-hybridized carbons (Fsp3) is 0.250. The van der Waals surface area contributed by atoms with Crippen molar-refractivity contribution >= 4 is 0 Å². The van der Waals surface area contributed by atoms with Crippen LogP contribution in [0.2, 0.25) is 0 Å². The number of ether oxygens (including phenoxy) is 2. The highest BCUT2D eigenvalue weighted by atomic mass is 19.4. The van der Waals surface area contributed by atoms with Gasteiger partial charge < -0.3 is 9.47 Å². The Labute approximate surface area is 121 Å². The molecule has 2 rings (SSSR count). The van der Waals surface area contributed by atoms with Crippen LogP contribution in [0.4, 0.5) is 13.2 Å². The van der Waals surface area contributed by atoms with Gasteiger partial charge in [-0.25, -0.2) is 0 Å². The highest BCUT2D eigenvalue weighted by Gasteiger charge is 2.31. The van der Waals surface area contributed by atoms with Crippen molar-refractivity contribution in [3.63, 3.8) is 0 Å². The van der Waals surface area contributed by atoms with Crippen LogP contribution in [0.15, 0.2) is 48.5 Å². The van der Waals surface area contributed by atoms with Crippen molar-refractivity contribution in [2.24, 2.45) is 0 Å². The molecule has 2 aromatic carbocycles. The Bertz CT molecular complexity index is 553. The summed E-state index contributed by atoms with van der Waals surface area (Å²) in [5, 5.41) is 0. The van der Waals surface area contributed by atoms with E-state index >= 15 is 0 Å². The molecule has 21 heavy (non-hydrogen) atoms. The summed E-state index contributed by atoms with van der Waals surface area (Å²) in [5.74, 6) is 0.558. The van der Waals surface area contributed by atoms with E-state index < -0.39 is 6.36 Å². The van der Waals surface area contributed by atoms with Crippen molar-refractivity contribution in [2.75, 3.05) is 6.61 Å². The zero-order valence-electron chi connectivity index (χ0n) is 11.2. The summed E-state index contributed by atoms with van der Waals surface area (Å²) < 4.78 is 45.8. The van der Waals surface area contributed by atoms with Crippen LogP contribution in [0.3, 0.4) is 0 Å². The van der Waals surface area contributed by atoms with Gasteiger partial charge in [0.15, 0.2) is 0 Å². The number of hydrogen-bond donors (Lipinski definition) is 0. The lowest BCUT2D eigenvalue weighted by Crippen LogP contribution is -2.17. The minimum atomic E-state index is -4.66. The lowest BCUT2D eigenvalue weighted by molar-refractivity contribution is -0.274. The number of benzene rings is 2. The second-order valence-electron chi connectivity index (χ2n) is 4.38. The first-order valence-electron chi connectivity index (χ1n) is 6.46. The topological polar surface area (TPSA) is 18.5 Å². The number of hydrogen-bond acceptors (Lipinski definition) is 2. The van der Waals surface area contributed by atoms with Crippen molar-refractivity contribution < 1.29 is 22.6 Å². The molecular weight excluding hydrogens is 281 g/mol. The van der Waals surface area contributed by atoms with Gasteiger partial charge in [0.1, 0.15) is 11.5 Å². The van der Waals surface area contributed by atoms with E-state index in [1.54, 1.807) is 36.4 Å². The fourth-order valence-corrected chi connectivity index (χ4v) is 1.83. The van der Waals surface area contributed by atoms with Crippen LogP contribution in [0.1, 0.15) is 12.0 Å². The molecule has 0 amide bonds. The molecule has 0 unspecified atom stereocenters. The molecule has 111 valence electrons. The summed E-state index contributed by atoms with van der Waals surface area (Å²) in [6, 6.07) is 16.0. The van der Waals surface area contributed by atoms with Gasteiger partial charge in [0, 0.05) is 0 Å². The van der Waals surface area contributed by atoms with Gasteiger partial charge in [0.05, 0.1) is 6.61 Å². The van der Waals surface area contributed by atoms with Crippen LogP contribution in [0.5, 0.6) is 11.5 Å². The van der Waals surface area contributed by atoms with E-state index in [0.717, 1.165) is 11.3 Å². The second kappa shape index (κ2) is 7.02. The average Bonchev–Trinajstić information content (AvgIpc) is 2.43. The zero-order valence-corrected chi connectivity index (χ0v) is 11.2. The number of alkyl halides is 3. The maximum Gasteiger partial charge on any atom is 0.573 e. The first-order valence-corrected chi connectivity index (χ1v) is 6.46. The van der Waals surface area contributed by atoms with Gasteiger partial charge in [0.25, 0.3) is 0 Å². The van der Waals surface area contributed by atoms with E-state index in [1.165, 1.54) is 12.1 Å². The molecule has 0 heterocycles. The highest BCUT2D eigenvalue weighted by molar-refractivity contribution is 5.28. The van der Waals surface area contributed by atoms with Crippen molar-refractivity contribution in [3.05, 3.63) is 60.2 Å². The molecule has 0 saturated heterocycles. The van der Waals surface area contributed by atoms with Gasteiger partial charge in [-0.15, -0.1) is 13.2 Å².